The Labute approximate surface area is 253 Å². The molecule has 0 aromatic carbocycles. The Morgan fingerprint density at radius 1 is 1.12 bits per heavy atom. The third-order valence-electron chi connectivity index (χ3n) is 8.76. The van der Waals surface area contributed by atoms with Gasteiger partial charge in [0.05, 0.1) is 0 Å². The van der Waals surface area contributed by atoms with E-state index in [2.05, 4.69) is 10.6 Å². The van der Waals surface area contributed by atoms with E-state index in [9.17, 15) is 19.0 Å². The van der Waals surface area contributed by atoms with Crippen LogP contribution in [0.25, 0.3) is 5.57 Å². The summed E-state index contributed by atoms with van der Waals surface area (Å²) in [7, 11) is -3.29. The summed E-state index contributed by atoms with van der Waals surface area (Å²) in [5.74, 6) is -0.190. The van der Waals surface area contributed by atoms with E-state index in [1.165, 1.54) is 0 Å². The van der Waals surface area contributed by atoms with E-state index in [-0.39, 0.29) is 24.3 Å². The Morgan fingerprint density at radius 2 is 1.86 bits per heavy atom. The number of aryl methyl sites for hydroxylation is 2. The second kappa shape index (κ2) is 13.5. The molecule has 0 bridgehead atoms. The summed E-state index contributed by atoms with van der Waals surface area (Å²) >= 11 is 0. The molecule has 2 aliphatic heterocycles. The second-order valence-electron chi connectivity index (χ2n) is 12.3. The number of nitrogens with zero attached hydrogens (tertiary/aromatic N) is 2. The van der Waals surface area contributed by atoms with Crippen LogP contribution in [0.2, 0.25) is 0 Å². The minimum absolute atomic E-state index is 0.0629. The monoisotopic (exact) mass is 618 g/mol. The van der Waals surface area contributed by atoms with Gasteiger partial charge < -0.3 is 33.1 Å². The maximum atomic E-state index is 15.7. The van der Waals surface area contributed by atoms with Gasteiger partial charge in [0.25, 0.3) is 0 Å². The quantitative estimate of drug-likeness (QED) is 0.132. The summed E-state index contributed by atoms with van der Waals surface area (Å²) in [5, 5.41) is 6.50. The van der Waals surface area contributed by atoms with Gasteiger partial charge in [-0.1, -0.05) is 25.8 Å². The van der Waals surface area contributed by atoms with E-state index in [0.717, 1.165) is 44.9 Å². The molecular weight excluding hydrogens is 572 g/mol. The van der Waals surface area contributed by atoms with E-state index < -0.39 is 14.3 Å². The van der Waals surface area contributed by atoms with Gasteiger partial charge in [0.15, 0.2) is 5.70 Å². The Kier molecular flexibility index (Phi) is 10.4. The summed E-state index contributed by atoms with van der Waals surface area (Å²) in [6, 6.07) is 1.66. The van der Waals surface area contributed by atoms with Crippen LogP contribution in [0.15, 0.2) is 34.8 Å². The molecule has 2 atom stereocenters. The van der Waals surface area contributed by atoms with Crippen LogP contribution in [0, 0.1) is 13.8 Å². The zero-order valence-electron chi connectivity index (χ0n) is 26.1. The first-order valence-corrected chi connectivity index (χ1v) is 17.5. The maximum absolute atomic E-state index is 15.7. The molecule has 0 spiro atoms. The average Bonchev–Trinajstić information content (AvgIpc) is 3.61. The minimum atomic E-state index is -4.02. The van der Waals surface area contributed by atoms with Crippen LogP contribution < -0.4 is 10.6 Å². The zero-order chi connectivity index (χ0) is 31.5. The fraction of sp³-hybridized carbons (Fsp3) is 0.581. The van der Waals surface area contributed by atoms with Crippen molar-refractivity contribution in [2.24, 2.45) is 0 Å². The lowest BCUT2D eigenvalue weighted by atomic mass is 9.84. The molecule has 1 aliphatic carbocycles. The highest BCUT2D eigenvalue weighted by molar-refractivity contribution is 7.62. The highest BCUT2D eigenvalue weighted by atomic mass is 31.2. The van der Waals surface area contributed by atoms with Crippen molar-refractivity contribution in [3.8, 4) is 0 Å². The van der Waals surface area contributed by atoms with Crippen LogP contribution >= 0.6 is 7.37 Å². The van der Waals surface area contributed by atoms with Gasteiger partial charge in [0, 0.05) is 66.7 Å². The third kappa shape index (κ3) is 7.14. The molecule has 0 saturated heterocycles. The zero-order valence-corrected chi connectivity index (χ0v) is 27.0. The van der Waals surface area contributed by atoms with Crippen LogP contribution in [0.3, 0.4) is 0 Å². The van der Waals surface area contributed by atoms with E-state index in [1.54, 1.807) is 26.0 Å². The first-order valence-electron chi connectivity index (χ1n) is 15.6. The molecule has 1 unspecified atom stereocenters. The van der Waals surface area contributed by atoms with Crippen molar-refractivity contribution in [1.82, 2.24) is 15.1 Å². The number of halogens is 2. The molecule has 0 saturated carbocycles. The number of fused-ring (bicyclic) bond motifs is 2. The van der Waals surface area contributed by atoms with E-state index in [1.807, 2.05) is 26.8 Å². The minimum Gasteiger partial charge on any atom is -0.394 e. The predicted octanol–water partition coefficient (Wildman–Crippen LogP) is 6.18. The Bertz CT molecular complexity index is 1460. The smallest absolute Gasteiger partial charge is 0.394 e. The predicted molar refractivity (Wildman–Crippen MR) is 168 cm³/mol. The van der Waals surface area contributed by atoms with Crippen molar-refractivity contribution in [2.45, 2.75) is 105 Å². The van der Waals surface area contributed by atoms with Gasteiger partial charge in [0.1, 0.15) is 5.71 Å². The van der Waals surface area contributed by atoms with Crippen molar-refractivity contribution in [3.05, 3.63) is 51.8 Å². The van der Waals surface area contributed by atoms with Crippen molar-refractivity contribution in [2.75, 3.05) is 12.7 Å². The summed E-state index contributed by atoms with van der Waals surface area (Å²) < 4.78 is 46.2. The number of amides is 2. The molecule has 1 aromatic rings. The molecule has 3 heterocycles. The summed E-state index contributed by atoms with van der Waals surface area (Å²) in [6.07, 6.45) is 9.61. The molecule has 0 fully saturated rings. The Balaban J connectivity index is 1.19. The number of hydrogen-bond donors (Lipinski definition) is 3. The number of hydrogen-bond acceptors (Lipinski definition) is 3. The SMILES string of the molecule is CCCCP(=O)(O)C1=CC[C@H](NC(=O)CCCCCNC(=O)CCC2=C3C(C)=CC(C)=[N+]3[B-](F)(F)n3c(C)cc(C)c32)C1. The molecule has 2 amide bonds. The molecule has 3 N–H and O–H groups in total. The molecule has 8 nitrogen and oxygen atoms in total. The molecule has 43 heavy (non-hydrogen) atoms. The summed E-state index contributed by atoms with van der Waals surface area (Å²) in [4.78, 5) is 35.4. The highest BCUT2D eigenvalue weighted by Crippen LogP contribution is 2.54. The van der Waals surface area contributed by atoms with Crippen LogP contribution in [0.5, 0.6) is 0 Å². The first kappa shape index (κ1) is 33.1. The second-order valence-corrected chi connectivity index (χ2v) is 14.7. The van der Waals surface area contributed by atoms with Crippen LogP contribution in [-0.2, 0) is 14.2 Å². The van der Waals surface area contributed by atoms with Crippen molar-refractivity contribution in [3.63, 3.8) is 0 Å². The van der Waals surface area contributed by atoms with Crippen molar-refractivity contribution >= 4 is 37.4 Å². The first-order chi connectivity index (χ1) is 20.3. The molecule has 1 aromatic heterocycles. The lowest BCUT2D eigenvalue weighted by Crippen LogP contribution is -2.51. The standard InChI is InChI=1S/C31H46BF2N4O4P/c1-6-7-17-43(41,42)26-13-12-25(20-26)36-29(40)11-9-8-10-16-35-28(39)15-14-27-30-21(2)18-23(4)37(30)32(33,34)38-24(5)19-22(3)31(27)38/h13,18-19,25H,6-12,14-17,20H2,1-5H3,(H,35,39)(H,36,40)(H,41,42)/t25-/m0/s1. The molecule has 12 heteroatoms. The number of carbonyl (C=O) groups excluding carboxylic acids is 2. The van der Waals surface area contributed by atoms with E-state index in [4.69, 9.17) is 0 Å². The number of aromatic nitrogens is 1. The highest BCUT2D eigenvalue weighted by Gasteiger charge is 2.54. The number of allylic oxidation sites excluding steroid dienone is 3. The van der Waals surface area contributed by atoms with E-state index >= 15 is 8.63 Å². The van der Waals surface area contributed by atoms with Gasteiger partial charge in [-0.25, -0.2) is 0 Å². The van der Waals surface area contributed by atoms with Crippen molar-refractivity contribution in [1.29, 1.82) is 0 Å². The number of nitrogens with one attached hydrogen (secondary N) is 2. The molecule has 3 aliphatic rings. The maximum Gasteiger partial charge on any atom is 0.737 e. The molecule has 4 rings (SSSR count). The van der Waals surface area contributed by atoms with Crippen LogP contribution in [0.1, 0.15) is 102 Å². The fourth-order valence-corrected chi connectivity index (χ4v) is 8.65. The topological polar surface area (TPSA) is 103 Å². The van der Waals surface area contributed by atoms with E-state index in [0.29, 0.717) is 79.3 Å². The molecular formula is C31H46BF2N4O4P. The third-order valence-corrected chi connectivity index (χ3v) is 10.9. The van der Waals surface area contributed by atoms with Gasteiger partial charge in [-0.15, -0.1) is 0 Å². The van der Waals surface area contributed by atoms with Gasteiger partial charge in [-0.2, -0.15) is 0 Å². The summed E-state index contributed by atoms with van der Waals surface area (Å²) in [5.41, 5.74) is 4.40. The number of unbranched alkanes of at least 4 members (excludes halogenated alkanes) is 3. The lowest BCUT2D eigenvalue weighted by molar-refractivity contribution is -0.363. The Morgan fingerprint density at radius 3 is 2.58 bits per heavy atom. The Hall–Kier alpha value is -2.78. The number of carbonyl (C=O) groups is 2. The van der Waals surface area contributed by atoms with Crippen LogP contribution in [0.4, 0.5) is 8.63 Å². The lowest BCUT2D eigenvalue weighted by Gasteiger charge is -2.34. The van der Waals surface area contributed by atoms with Gasteiger partial charge in [-0.3, -0.25) is 14.2 Å². The molecule has 0 radical (unpaired) electrons. The van der Waals surface area contributed by atoms with Gasteiger partial charge in [0.2, 0.25) is 19.2 Å². The molecule has 236 valence electrons. The number of rotatable bonds is 14. The summed E-state index contributed by atoms with van der Waals surface area (Å²) in [6.45, 7) is 5.54. The van der Waals surface area contributed by atoms with Crippen molar-refractivity contribution < 1.29 is 32.2 Å². The van der Waals surface area contributed by atoms with Gasteiger partial charge in [-0.05, 0) is 76.6 Å². The average molecular weight is 619 g/mol. The van der Waals surface area contributed by atoms with Gasteiger partial charge >= 0.3 is 6.97 Å². The normalized spacial score (nSPS) is 20.4. The fourth-order valence-electron chi connectivity index (χ4n) is 6.72. The largest absolute Gasteiger partial charge is 0.737 e. The van der Waals surface area contributed by atoms with Crippen LogP contribution in [-0.4, -0.2) is 57.1 Å².